The number of nitrogens with zero attached hydrogens (tertiary/aromatic N) is 4. The number of nitrogens with one attached hydrogen (secondary N) is 1. The molecule has 1 aromatic carbocycles. The minimum atomic E-state index is -0.483. The summed E-state index contributed by atoms with van der Waals surface area (Å²) in [4.78, 5) is 9.12. The molecule has 1 saturated carbocycles. The second-order valence-electron chi connectivity index (χ2n) is 10.9. The van der Waals surface area contributed by atoms with Gasteiger partial charge >= 0.3 is 0 Å². The minimum Gasteiger partial charge on any atom is -0.507 e. The zero-order chi connectivity index (χ0) is 29.4. The maximum Gasteiger partial charge on any atom is 0.163 e. The van der Waals surface area contributed by atoms with Crippen molar-refractivity contribution in [3.8, 4) is 5.75 Å². The lowest BCUT2D eigenvalue weighted by molar-refractivity contribution is 0.168. The highest BCUT2D eigenvalue weighted by molar-refractivity contribution is 6.02. The Morgan fingerprint density at radius 3 is 2.59 bits per heavy atom. The van der Waals surface area contributed by atoms with Crippen molar-refractivity contribution >= 4 is 23.7 Å². The zero-order valence-corrected chi connectivity index (χ0v) is 24.7. The molecule has 1 aliphatic carbocycles. The number of rotatable bonds is 8. The van der Waals surface area contributed by atoms with Crippen LogP contribution in [0.1, 0.15) is 61.5 Å². The van der Waals surface area contributed by atoms with Gasteiger partial charge in [-0.2, -0.15) is 0 Å². The van der Waals surface area contributed by atoms with E-state index in [4.69, 9.17) is 4.99 Å². The fourth-order valence-corrected chi connectivity index (χ4v) is 5.22. The van der Waals surface area contributed by atoms with E-state index in [0.717, 1.165) is 38.2 Å². The summed E-state index contributed by atoms with van der Waals surface area (Å²) >= 11 is 0. The van der Waals surface area contributed by atoms with Crippen molar-refractivity contribution < 1.29 is 9.50 Å². The van der Waals surface area contributed by atoms with E-state index in [1.807, 2.05) is 25.1 Å². The number of aromatic nitrogens is 1. The van der Waals surface area contributed by atoms with E-state index in [9.17, 15) is 9.50 Å². The van der Waals surface area contributed by atoms with Crippen molar-refractivity contribution in [2.45, 2.75) is 45.6 Å². The van der Waals surface area contributed by atoms with Crippen LogP contribution in [0, 0.1) is 5.92 Å². The number of likely N-dealkylation sites (tertiary alicyclic amines) is 1. The van der Waals surface area contributed by atoms with Crippen molar-refractivity contribution in [1.82, 2.24) is 19.7 Å². The molecule has 2 N–H and O–H groups in total. The Morgan fingerprint density at radius 1 is 1.17 bits per heavy atom. The van der Waals surface area contributed by atoms with Gasteiger partial charge in [0, 0.05) is 56.8 Å². The van der Waals surface area contributed by atoms with E-state index < -0.39 is 5.83 Å². The van der Waals surface area contributed by atoms with E-state index in [0.29, 0.717) is 29.6 Å². The van der Waals surface area contributed by atoms with Crippen LogP contribution in [0.25, 0.3) is 17.8 Å². The molecule has 3 heterocycles. The molecule has 0 radical (unpaired) electrons. The van der Waals surface area contributed by atoms with Gasteiger partial charge in [0.1, 0.15) is 17.4 Å². The third-order valence-electron chi connectivity index (χ3n) is 7.61. The van der Waals surface area contributed by atoms with Gasteiger partial charge in [0.25, 0.3) is 0 Å². The third-order valence-corrected chi connectivity index (χ3v) is 7.61. The first-order chi connectivity index (χ1) is 19.9. The Kier molecular flexibility index (Phi) is 10.4. The number of aliphatic imine (C=N–C) groups is 1. The molecule has 1 unspecified atom stereocenters. The normalized spacial score (nSPS) is 21.2. The van der Waals surface area contributed by atoms with Crippen molar-refractivity contribution in [2.75, 3.05) is 26.7 Å². The van der Waals surface area contributed by atoms with Crippen molar-refractivity contribution in [2.24, 2.45) is 18.0 Å². The number of halogens is 1. The van der Waals surface area contributed by atoms with Crippen LogP contribution < -0.4 is 5.32 Å². The lowest BCUT2D eigenvalue weighted by Gasteiger charge is -2.33. The number of piperidine rings is 1. The molecule has 2 aromatic rings. The minimum absolute atomic E-state index is 0.120. The molecule has 7 heteroatoms. The number of para-hydroxylation sites is 1. The fraction of sp³-hybridized carbons (Fsp3) is 0.382. The molecule has 0 bridgehead atoms. The molecule has 218 valence electrons. The molecule has 2 fully saturated rings. The lowest BCUT2D eigenvalue weighted by Crippen LogP contribution is -2.39. The summed E-state index contributed by atoms with van der Waals surface area (Å²) in [6.07, 6.45) is 15.8. The van der Waals surface area contributed by atoms with Gasteiger partial charge < -0.3 is 19.9 Å². The van der Waals surface area contributed by atoms with Crippen LogP contribution in [0.15, 0.2) is 78.4 Å². The maximum atomic E-state index is 14.7. The first-order valence-electron chi connectivity index (χ1n) is 14.6. The van der Waals surface area contributed by atoms with Crippen LogP contribution in [0.5, 0.6) is 5.75 Å². The van der Waals surface area contributed by atoms with Gasteiger partial charge in [0.2, 0.25) is 0 Å². The highest BCUT2D eigenvalue weighted by Crippen LogP contribution is 2.29. The number of likely N-dealkylation sites (N-methyl/N-ethyl adjacent to an activating group) is 1. The van der Waals surface area contributed by atoms with Gasteiger partial charge in [-0.05, 0) is 68.1 Å². The monoisotopic (exact) mass is 557 g/mol. The van der Waals surface area contributed by atoms with E-state index in [2.05, 4.69) is 53.2 Å². The topological polar surface area (TPSA) is 56.0 Å². The van der Waals surface area contributed by atoms with Crippen LogP contribution in [0.3, 0.4) is 0 Å². The number of benzene rings is 1. The number of allylic oxidation sites excluding steroid dienone is 3. The van der Waals surface area contributed by atoms with E-state index in [1.54, 1.807) is 30.1 Å². The summed E-state index contributed by atoms with van der Waals surface area (Å²) in [5, 5.41) is 13.5. The molecule has 1 atom stereocenters. The van der Waals surface area contributed by atoms with E-state index in [1.165, 1.54) is 36.6 Å². The van der Waals surface area contributed by atoms with E-state index >= 15 is 0 Å². The quantitative estimate of drug-likeness (QED) is 0.364. The molecule has 3 aliphatic rings. The average Bonchev–Trinajstić information content (AvgIpc) is 3.84. The van der Waals surface area contributed by atoms with Crippen LogP contribution >= 0.6 is 0 Å². The van der Waals surface area contributed by atoms with E-state index in [-0.39, 0.29) is 11.6 Å². The first-order valence-corrected chi connectivity index (χ1v) is 14.6. The molecule has 0 amide bonds. The van der Waals surface area contributed by atoms with Crippen LogP contribution in [0.2, 0.25) is 0 Å². The predicted molar refractivity (Wildman–Crippen MR) is 170 cm³/mol. The van der Waals surface area contributed by atoms with Crippen LogP contribution in [0.4, 0.5) is 4.39 Å². The second-order valence-corrected chi connectivity index (χ2v) is 10.9. The van der Waals surface area contributed by atoms with Crippen molar-refractivity contribution in [1.29, 1.82) is 0 Å². The molecule has 5 rings (SSSR count). The van der Waals surface area contributed by atoms with Crippen molar-refractivity contribution in [3.05, 3.63) is 95.9 Å². The SMILES string of the molecule is C1CC1.C=C/C(F)=C1/NC(c2ccccc2O)=CC(=NCC2CCCN(Cc3cc(/C=C\C)c(C=C)n3C)C2)N1C. The first kappa shape index (κ1) is 30.1. The van der Waals surface area contributed by atoms with Gasteiger partial charge in [-0.25, -0.2) is 4.39 Å². The Morgan fingerprint density at radius 2 is 1.93 bits per heavy atom. The standard InChI is InChI=1S/C31H38FN5O.C3H6/c1-6-12-23-17-24(35(4)28(23)8-3)21-37-16-11-13-22(20-37)19-33-30-18-27(25-14-9-10-15-29(25)38)34-31(36(30)5)26(32)7-2;1-2-3-1/h6-10,12,14-15,17-18,22,34,38H,2-3,11,13,16,19-21H2,1,4-5H3;1-3H2/b12-6-,31-26+,33-30?;. The van der Waals surface area contributed by atoms with Crippen molar-refractivity contribution in [3.63, 3.8) is 0 Å². The number of hydrogen-bond donors (Lipinski definition) is 2. The van der Waals surface area contributed by atoms with Crippen LogP contribution in [-0.2, 0) is 13.6 Å². The summed E-state index contributed by atoms with van der Waals surface area (Å²) in [5.74, 6) is 0.925. The average molecular weight is 558 g/mol. The summed E-state index contributed by atoms with van der Waals surface area (Å²) < 4.78 is 16.9. The van der Waals surface area contributed by atoms with Gasteiger partial charge in [0.05, 0.1) is 5.70 Å². The summed E-state index contributed by atoms with van der Waals surface area (Å²) in [6.45, 7) is 13.1. The lowest BCUT2D eigenvalue weighted by atomic mass is 9.98. The summed E-state index contributed by atoms with van der Waals surface area (Å²) in [5.41, 5.74) is 4.77. The summed E-state index contributed by atoms with van der Waals surface area (Å²) in [7, 11) is 3.88. The number of phenolic OH excluding ortho intramolecular Hbond substituents is 1. The van der Waals surface area contributed by atoms with Crippen LogP contribution in [-0.4, -0.2) is 52.0 Å². The molecule has 1 saturated heterocycles. The molecular weight excluding hydrogens is 513 g/mol. The molecular formula is C34H44FN5O. The van der Waals surface area contributed by atoms with Gasteiger partial charge in [-0.3, -0.25) is 9.89 Å². The maximum absolute atomic E-state index is 14.7. The molecule has 0 spiro atoms. The number of hydrogen-bond acceptors (Lipinski definition) is 4. The Hall–Kier alpha value is -3.84. The highest BCUT2D eigenvalue weighted by atomic mass is 19.1. The smallest absolute Gasteiger partial charge is 0.163 e. The van der Waals surface area contributed by atoms with Gasteiger partial charge in [-0.1, -0.05) is 56.7 Å². The molecule has 2 aliphatic heterocycles. The molecule has 6 nitrogen and oxygen atoms in total. The Bertz CT molecular complexity index is 1360. The highest BCUT2D eigenvalue weighted by Gasteiger charge is 2.25. The number of phenols is 1. The summed E-state index contributed by atoms with van der Waals surface area (Å²) in [6, 6.07) is 9.25. The fourth-order valence-electron chi connectivity index (χ4n) is 5.22. The van der Waals surface area contributed by atoms with Gasteiger partial charge in [0.15, 0.2) is 5.83 Å². The predicted octanol–water partition coefficient (Wildman–Crippen LogP) is 7.09. The Balaban J connectivity index is 0.00000121. The zero-order valence-electron chi connectivity index (χ0n) is 24.7. The molecule has 41 heavy (non-hydrogen) atoms. The van der Waals surface area contributed by atoms with Gasteiger partial charge in [-0.15, -0.1) is 0 Å². The second kappa shape index (κ2) is 14.2. The molecule has 1 aromatic heterocycles. The number of aromatic hydroxyl groups is 1. The number of amidine groups is 1. The third kappa shape index (κ3) is 7.67. The Labute approximate surface area is 244 Å². The largest absolute Gasteiger partial charge is 0.507 e.